The number of alkyl halides is 1. The molecule has 2 heterocycles. The Hall–Kier alpha value is -1.15. The fourth-order valence-electron chi connectivity index (χ4n) is 1.62. The van der Waals surface area contributed by atoms with Crippen LogP contribution in [0.5, 0.6) is 0 Å². The van der Waals surface area contributed by atoms with Gasteiger partial charge in [0.25, 0.3) is 0 Å². The summed E-state index contributed by atoms with van der Waals surface area (Å²) in [6, 6.07) is 0. The smallest absolute Gasteiger partial charge is 0.354 e. The second kappa shape index (κ2) is 4.02. The third kappa shape index (κ3) is 1.90. The van der Waals surface area contributed by atoms with E-state index in [4.69, 9.17) is 10.8 Å². The van der Waals surface area contributed by atoms with Crippen molar-refractivity contribution in [2.24, 2.45) is 0 Å². The first-order chi connectivity index (χ1) is 7.55. The molecule has 0 bridgehead atoms. The number of aliphatic hydroxyl groups excluding tert-OH is 1. The van der Waals surface area contributed by atoms with Gasteiger partial charge in [-0.15, -0.1) is 0 Å². The Morgan fingerprint density at radius 2 is 2.56 bits per heavy atom. The molecular formula is C8H11FN4O2S. The molecule has 1 saturated heterocycles. The summed E-state index contributed by atoms with van der Waals surface area (Å²) < 4.78 is 15.2. The van der Waals surface area contributed by atoms with E-state index in [1.165, 1.54) is 11.8 Å². The van der Waals surface area contributed by atoms with Gasteiger partial charge in [-0.05, 0) is 0 Å². The second-order valence-corrected chi connectivity index (χ2v) is 4.89. The lowest BCUT2D eigenvalue weighted by molar-refractivity contribution is 0.0831. The lowest BCUT2D eigenvalue weighted by Crippen LogP contribution is -2.39. The molecule has 0 radical (unpaired) electrons. The van der Waals surface area contributed by atoms with E-state index in [0.717, 1.165) is 10.9 Å². The molecule has 0 amide bonds. The monoisotopic (exact) mass is 246 g/mol. The molecule has 16 heavy (non-hydrogen) atoms. The van der Waals surface area contributed by atoms with Crippen molar-refractivity contribution >= 4 is 17.7 Å². The largest absolute Gasteiger partial charge is 0.395 e. The Bertz CT molecular complexity index is 454. The summed E-state index contributed by atoms with van der Waals surface area (Å²) in [4.78, 5) is 18.4. The van der Waals surface area contributed by atoms with Crippen molar-refractivity contribution in [3.8, 4) is 0 Å². The van der Waals surface area contributed by atoms with Crippen molar-refractivity contribution in [3.05, 3.63) is 16.8 Å². The fraction of sp³-hybridized carbons (Fsp3) is 0.625. The second-order valence-electron chi connectivity index (χ2n) is 3.60. The van der Waals surface area contributed by atoms with Crippen LogP contribution in [-0.4, -0.2) is 37.3 Å². The maximum Gasteiger partial charge on any atom is 0.354 e. The maximum atomic E-state index is 14.4. The molecule has 2 atom stereocenters. The highest BCUT2D eigenvalue weighted by Gasteiger charge is 2.42. The predicted octanol–water partition coefficient (Wildman–Crippen LogP) is -0.659. The van der Waals surface area contributed by atoms with Gasteiger partial charge in [-0.2, -0.15) is 16.7 Å². The zero-order valence-corrected chi connectivity index (χ0v) is 9.15. The molecule has 3 N–H and O–H groups in total. The molecule has 0 unspecified atom stereocenters. The minimum Gasteiger partial charge on any atom is -0.395 e. The molecule has 0 spiro atoms. The number of aliphatic hydroxyl groups is 1. The molecule has 8 heteroatoms. The number of aromatic nitrogens is 3. The highest BCUT2D eigenvalue weighted by atomic mass is 32.2. The van der Waals surface area contributed by atoms with E-state index in [1.54, 1.807) is 0 Å². The lowest BCUT2D eigenvalue weighted by atomic mass is 10.1. The number of rotatable bonds is 2. The van der Waals surface area contributed by atoms with E-state index >= 15 is 0 Å². The molecule has 1 aliphatic heterocycles. The van der Waals surface area contributed by atoms with Crippen molar-refractivity contribution < 1.29 is 9.50 Å². The quantitative estimate of drug-likeness (QED) is 0.719. The summed E-state index contributed by atoms with van der Waals surface area (Å²) >= 11 is 1.29. The normalized spacial score (nSPS) is 29.5. The number of hydrogen-bond donors (Lipinski definition) is 2. The van der Waals surface area contributed by atoms with E-state index in [-0.39, 0.29) is 30.0 Å². The Balaban J connectivity index is 2.34. The fourth-order valence-corrected chi connectivity index (χ4v) is 2.85. The van der Waals surface area contributed by atoms with Gasteiger partial charge in [0.1, 0.15) is 6.33 Å². The number of hydrogen-bond acceptors (Lipinski definition) is 6. The molecule has 1 aromatic heterocycles. The van der Waals surface area contributed by atoms with Crippen LogP contribution in [0.15, 0.2) is 11.1 Å². The summed E-state index contributed by atoms with van der Waals surface area (Å²) in [5.74, 6) is -1.90. The SMILES string of the molecule is Nc1ncn([C@]2(F)CS[C@H](CO)C2)c(=O)n1. The van der Waals surface area contributed by atoms with Crippen LogP contribution in [0.3, 0.4) is 0 Å². The number of anilines is 1. The first kappa shape index (κ1) is 11.3. The number of nitrogen functional groups attached to an aromatic ring is 1. The van der Waals surface area contributed by atoms with Gasteiger partial charge >= 0.3 is 5.69 Å². The zero-order valence-electron chi connectivity index (χ0n) is 8.34. The Morgan fingerprint density at radius 3 is 3.12 bits per heavy atom. The summed E-state index contributed by atoms with van der Waals surface area (Å²) in [6.45, 7) is -0.110. The van der Waals surface area contributed by atoms with Gasteiger partial charge in [0.2, 0.25) is 11.7 Å². The molecule has 88 valence electrons. The van der Waals surface area contributed by atoms with Crippen LogP contribution >= 0.6 is 11.8 Å². The van der Waals surface area contributed by atoms with Gasteiger partial charge in [0.15, 0.2) is 0 Å². The van der Waals surface area contributed by atoms with Crippen LogP contribution in [0, 0.1) is 0 Å². The molecule has 0 saturated carbocycles. The van der Waals surface area contributed by atoms with Gasteiger partial charge in [0, 0.05) is 17.4 Å². The Labute approximate surface area is 94.7 Å². The standard InChI is InChI=1S/C8H11FN4O2S/c9-8(1-5(2-14)16-3-8)13-4-11-6(10)12-7(13)15/h4-5,14H,1-3H2,(H2,10,12,15)/t5-,8-/m0/s1. The van der Waals surface area contributed by atoms with Crippen molar-refractivity contribution in [2.75, 3.05) is 18.1 Å². The minimum atomic E-state index is -1.83. The molecule has 2 rings (SSSR count). The van der Waals surface area contributed by atoms with Gasteiger partial charge in [-0.25, -0.2) is 18.7 Å². The van der Waals surface area contributed by atoms with Crippen molar-refractivity contribution in [3.63, 3.8) is 0 Å². The Morgan fingerprint density at radius 1 is 1.81 bits per heavy atom. The molecule has 6 nitrogen and oxygen atoms in total. The number of nitrogens with two attached hydrogens (primary N) is 1. The summed E-state index contributed by atoms with van der Waals surface area (Å²) in [6.07, 6.45) is 1.13. The molecule has 0 aliphatic carbocycles. The summed E-state index contributed by atoms with van der Waals surface area (Å²) in [7, 11) is 0. The van der Waals surface area contributed by atoms with Crippen LogP contribution in [-0.2, 0) is 5.79 Å². The molecular weight excluding hydrogens is 235 g/mol. The van der Waals surface area contributed by atoms with Crippen LogP contribution in [0.1, 0.15) is 6.42 Å². The van der Waals surface area contributed by atoms with Crippen LogP contribution in [0.2, 0.25) is 0 Å². The molecule has 0 aromatic carbocycles. The van der Waals surface area contributed by atoms with E-state index in [2.05, 4.69) is 9.97 Å². The molecule has 1 aromatic rings. The first-order valence-corrected chi connectivity index (χ1v) is 5.73. The van der Waals surface area contributed by atoms with Crippen molar-refractivity contribution in [1.29, 1.82) is 0 Å². The third-order valence-corrected chi connectivity index (χ3v) is 3.83. The minimum absolute atomic E-state index is 0.0708. The first-order valence-electron chi connectivity index (χ1n) is 4.68. The topological polar surface area (TPSA) is 94.0 Å². The number of halogens is 1. The van der Waals surface area contributed by atoms with Gasteiger partial charge in [-0.3, -0.25) is 0 Å². The van der Waals surface area contributed by atoms with Gasteiger partial charge in [0.05, 0.1) is 6.61 Å². The van der Waals surface area contributed by atoms with Crippen LogP contribution in [0.25, 0.3) is 0 Å². The average molecular weight is 246 g/mol. The Kier molecular flexibility index (Phi) is 2.85. The summed E-state index contributed by atoms with van der Waals surface area (Å²) in [5, 5.41) is 8.73. The van der Waals surface area contributed by atoms with E-state index < -0.39 is 11.5 Å². The highest BCUT2D eigenvalue weighted by Crippen LogP contribution is 2.39. The zero-order chi connectivity index (χ0) is 11.8. The highest BCUT2D eigenvalue weighted by molar-refractivity contribution is 8.00. The van der Waals surface area contributed by atoms with Gasteiger partial charge < -0.3 is 10.8 Å². The van der Waals surface area contributed by atoms with Gasteiger partial charge in [-0.1, -0.05) is 0 Å². The van der Waals surface area contributed by atoms with E-state index in [1.807, 2.05) is 0 Å². The van der Waals surface area contributed by atoms with Crippen molar-refractivity contribution in [1.82, 2.24) is 14.5 Å². The third-order valence-electron chi connectivity index (χ3n) is 2.44. The number of nitrogens with zero attached hydrogens (tertiary/aromatic N) is 3. The summed E-state index contributed by atoms with van der Waals surface area (Å²) in [5.41, 5.74) is 4.46. The molecule has 1 fully saturated rings. The number of thioether (sulfide) groups is 1. The van der Waals surface area contributed by atoms with E-state index in [9.17, 15) is 9.18 Å². The van der Waals surface area contributed by atoms with Crippen LogP contribution in [0.4, 0.5) is 10.3 Å². The molecule has 1 aliphatic rings. The van der Waals surface area contributed by atoms with Crippen molar-refractivity contribution in [2.45, 2.75) is 17.5 Å². The van der Waals surface area contributed by atoms with Crippen LogP contribution < -0.4 is 11.4 Å². The average Bonchev–Trinajstić information content (AvgIpc) is 2.61. The predicted molar refractivity (Wildman–Crippen MR) is 57.7 cm³/mol. The lowest BCUT2D eigenvalue weighted by Gasteiger charge is -2.20. The maximum absolute atomic E-state index is 14.4. The van der Waals surface area contributed by atoms with E-state index in [0.29, 0.717) is 0 Å².